The van der Waals surface area contributed by atoms with Gasteiger partial charge in [-0.15, -0.1) is 0 Å². The smallest absolute Gasteiger partial charge is 0.135 e. The summed E-state index contributed by atoms with van der Waals surface area (Å²) in [7, 11) is 1.67. The van der Waals surface area contributed by atoms with Gasteiger partial charge in [0.1, 0.15) is 17.5 Å². The van der Waals surface area contributed by atoms with Gasteiger partial charge in [-0.1, -0.05) is 20.8 Å². The molecule has 0 aliphatic carbocycles. The molecule has 0 radical (unpaired) electrons. The maximum Gasteiger partial charge on any atom is 0.135 e. The number of methoxy groups -OCH3 is 1. The SMILES string of the molecule is CCCNc1cc(N(CCO)CCOC)nc(C(C)C)n1. The molecule has 0 aliphatic heterocycles. The highest BCUT2D eigenvalue weighted by Gasteiger charge is 2.13. The zero-order valence-corrected chi connectivity index (χ0v) is 13.6. The molecule has 0 aliphatic rings. The number of nitrogens with zero attached hydrogens (tertiary/aromatic N) is 3. The lowest BCUT2D eigenvalue weighted by molar-refractivity contribution is 0.202. The molecule has 0 atom stereocenters. The van der Waals surface area contributed by atoms with E-state index < -0.39 is 0 Å². The van der Waals surface area contributed by atoms with Gasteiger partial charge in [-0.2, -0.15) is 0 Å². The van der Waals surface area contributed by atoms with Gasteiger partial charge in [0, 0.05) is 38.7 Å². The average molecular weight is 296 g/mol. The van der Waals surface area contributed by atoms with E-state index in [4.69, 9.17) is 4.74 Å². The van der Waals surface area contributed by atoms with Crippen molar-refractivity contribution >= 4 is 11.6 Å². The molecular weight excluding hydrogens is 268 g/mol. The first kappa shape index (κ1) is 17.7. The van der Waals surface area contributed by atoms with Crippen LogP contribution in [0.4, 0.5) is 11.6 Å². The normalized spacial score (nSPS) is 11.0. The van der Waals surface area contributed by atoms with E-state index in [1.165, 1.54) is 0 Å². The second-order valence-corrected chi connectivity index (χ2v) is 5.25. The van der Waals surface area contributed by atoms with Crippen LogP contribution in [0.2, 0.25) is 0 Å². The minimum absolute atomic E-state index is 0.0858. The number of rotatable bonds is 10. The molecule has 0 amide bonds. The van der Waals surface area contributed by atoms with Gasteiger partial charge in [-0.05, 0) is 6.42 Å². The molecule has 6 nitrogen and oxygen atoms in total. The number of aliphatic hydroxyl groups excluding tert-OH is 1. The molecule has 0 aromatic carbocycles. The predicted octanol–water partition coefficient (Wildman–Crippen LogP) is 1.87. The van der Waals surface area contributed by atoms with Gasteiger partial charge in [0.15, 0.2) is 0 Å². The van der Waals surface area contributed by atoms with E-state index in [0.717, 1.165) is 30.4 Å². The third-order valence-electron chi connectivity index (χ3n) is 3.06. The number of nitrogens with one attached hydrogen (secondary N) is 1. The zero-order chi connectivity index (χ0) is 15.7. The Labute approximate surface area is 127 Å². The molecule has 1 heterocycles. The van der Waals surface area contributed by atoms with Crippen molar-refractivity contribution in [3.63, 3.8) is 0 Å². The molecule has 0 bridgehead atoms. The maximum absolute atomic E-state index is 9.25. The quantitative estimate of drug-likeness (QED) is 0.687. The summed E-state index contributed by atoms with van der Waals surface area (Å²) < 4.78 is 5.13. The fourth-order valence-corrected chi connectivity index (χ4v) is 1.88. The fraction of sp³-hybridized carbons (Fsp3) is 0.733. The lowest BCUT2D eigenvalue weighted by Crippen LogP contribution is -2.31. The Morgan fingerprint density at radius 2 is 2.10 bits per heavy atom. The van der Waals surface area contributed by atoms with Gasteiger partial charge < -0.3 is 20.1 Å². The molecule has 0 saturated heterocycles. The topological polar surface area (TPSA) is 70.5 Å². The Balaban J connectivity index is 3.02. The highest BCUT2D eigenvalue weighted by atomic mass is 16.5. The standard InChI is InChI=1S/C15H28N4O2/c1-5-6-16-13-11-14(18-15(17-13)12(2)3)19(7-9-20)8-10-21-4/h11-12,20H,5-10H2,1-4H3,(H,16,17,18). The molecule has 1 aromatic heterocycles. The Kier molecular flexibility index (Phi) is 8.00. The van der Waals surface area contributed by atoms with Crippen molar-refractivity contribution in [2.24, 2.45) is 0 Å². The molecule has 0 saturated carbocycles. The van der Waals surface area contributed by atoms with Crippen molar-refractivity contribution in [3.05, 3.63) is 11.9 Å². The highest BCUT2D eigenvalue weighted by molar-refractivity contribution is 5.49. The van der Waals surface area contributed by atoms with Crippen LogP contribution >= 0.6 is 0 Å². The molecule has 1 rings (SSSR count). The summed E-state index contributed by atoms with van der Waals surface area (Å²) in [5.41, 5.74) is 0. The minimum Gasteiger partial charge on any atom is -0.395 e. The first-order valence-electron chi connectivity index (χ1n) is 7.60. The van der Waals surface area contributed by atoms with E-state index in [1.54, 1.807) is 7.11 Å². The van der Waals surface area contributed by atoms with Crippen LogP contribution in [-0.2, 0) is 4.74 Å². The van der Waals surface area contributed by atoms with Crippen LogP contribution in [0.1, 0.15) is 38.9 Å². The van der Waals surface area contributed by atoms with Crippen LogP contribution in [-0.4, -0.2) is 55.0 Å². The van der Waals surface area contributed by atoms with Crippen molar-refractivity contribution in [3.8, 4) is 0 Å². The molecule has 0 unspecified atom stereocenters. The van der Waals surface area contributed by atoms with Crippen molar-refractivity contribution < 1.29 is 9.84 Å². The second kappa shape index (κ2) is 9.52. The molecule has 21 heavy (non-hydrogen) atoms. The summed E-state index contributed by atoms with van der Waals surface area (Å²) in [5, 5.41) is 12.6. The molecule has 6 heteroatoms. The first-order valence-corrected chi connectivity index (χ1v) is 7.60. The Hall–Kier alpha value is -1.40. The summed E-state index contributed by atoms with van der Waals surface area (Å²) in [5.74, 6) is 2.74. The van der Waals surface area contributed by atoms with E-state index >= 15 is 0 Å². The Morgan fingerprint density at radius 1 is 1.33 bits per heavy atom. The van der Waals surface area contributed by atoms with E-state index in [2.05, 4.69) is 36.1 Å². The second-order valence-electron chi connectivity index (χ2n) is 5.25. The third kappa shape index (κ3) is 5.85. The van der Waals surface area contributed by atoms with Crippen LogP contribution < -0.4 is 10.2 Å². The van der Waals surface area contributed by atoms with Gasteiger partial charge >= 0.3 is 0 Å². The van der Waals surface area contributed by atoms with Crippen molar-refractivity contribution in [2.45, 2.75) is 33.1 Å². The highest BCUT2D eigenvalue weighted by Crippen LogP contribution is 2.20. The number of anilines is 2. The monoisotopic (exact) mass is 296 g/mol. The van der Waals surface area contributed by atoms with Gasteiger partial charge in [-0.25, -0.2) is 9.97 Å². The number of aliphatic hydroxyl groups is 1. The summed E-state index contributed by atoms with van der Waals surface area (Å²) in [6.45, 7) is 9.06. The Morgan fingerprint density at radius 3 is 2.67 bits per heavy atom. The van der Waals surface area contributed by atoms with Crippen molar-refractivity contribution in [1.82, 2.24) is 9.97 Å². The van der Waals surface area contributed by atoms with E-state index in [-0.39, 0.29) is 12.5 Å². The summed E-state index contributed by atoms with van der Waals surface area (Å²) in [4.78, 5) is 11.2. The molecular formula is C15H28N4O2. The van der Waals surface area contributed by atoms with E-state index in [9.17, 15) is 5.11 Å². The van der Waals surface area contributed by atoms with Gasteiger partial charge in [0.25, 0.3) is 0 Å². The number of hydrogen-bond acceptors (Lipinski definition) is 6. The lowest BCUT2D eigenvalue weighted by Gasteiger charge is -2.24. The minimum atomic E-state index is 0.0858. The van der Waals surface area contributed by atoms with Crippen LogP contribution in [0.15, 0.2) is 6.07 Å². The largest absolute Gasteiger partial charge is 0.395 e. The molecule has 2 N–H and O–H groups in total. The maximum atomic E-state index is 9.25. The fourth-order valence-electron chi connectivity index (χ4n) is 1.88. The summed E-state index contributed by atoms with van der Waals surface area (Å²) >= 11 is 0. The van der Waals surface area contributed by atoms with Crippen LogP contribution in [0.5, 0.6) is 0 Å². The number of hydrogen-bond donors (Lipinski definition) is 2. The number of aromatic nitrogens is 2. The van der Waals surface area contributed by atoms with Gasteiger partial charge in [0.2, 0.25) is 0 Å². The average Bonchev–Trinajstić information content (AvgIpc) is 2.49. The number of ether oxygens (including phenoxy) is 1. The van der Waals surface area contributed by atoms with Crippen LogP contribution in [0.25, 0.3) is 0 Å². The lowest BCUT2D eigenvalue weighted by atomic mass is 10.2. The van der Waals surface area contributed by atoms with Crippen molar-refractivity contribution in [2.75, 3.05) is 50.2 Å². The first-order chi connectivity index (χ1) is 10.1. The van der Waals surface area contributed by atoms with E-state index in [1.807, 2.05) is 11.0 Å². The van der Waals surface area contributed by atoms with Crippen LogP contribution in [0.3, 0.4) is 0 Å². The molecule has 120 valence electrons. The van der Waals surface area contributed by atoms with Gasteiger partial charge in [-0.3, -0.25) is 0 Å². The van der Waals surface area contributed by atoms with Crippen molar-refractivity contribution in [1.29, 1.82) is 0 Å². The summed E-state index contributed by atoms with van der Waals surface area (Å²) in [6.07, 6.45) is 1.04. The molecule has 0 fully saturated rings. The Bertz CT molecular complexity index is 413. The third-order valence-corrected chi connectivity index (χ3v) is 3.06. The predicted molar refractivity (Wildman–Crippen MR) is 86.1 cm³/mol. The zero-order valence-electron chi connectivity index (χ0n) is 13.6. The summed E-state index contributed by atoms with van der Waals surface area (Å²) in [6, 6.07) is 1.94. The molecule has 0 spiro atoms. The molecule has 1 aromatic rings. The van der Waals surface area contributed by atoms with Gasteiger partial charge in [0.05, 0.1) is 13.2 Å². The van der Waals surface area contributed by atoms with E-state index in [0.29, 0.717) is 19.7 Å². The van der Waals surface area contributed by atoms with Crippen LogP contribution in [0, 0.1) is 0 Å².